The van der Waals surface area contributed by atoms with Crippen molar-refractivity contribution in [2.24, 2.45) is 16.6 Å². The van der Waals surface area contributed by atoms with Gasteiger partial charge in [-0.2, -0.15) is 0 Å². The van der Waals surface area contributed by atoms with E-state index >= 15 is 0 Å². The van der Waals surface area contributed by atoms with Crippen molar-refractivity contribution >= 4 is 16.0 Å². The lowest BCUT2D eigenvalue weighted by atomic mass is 9.81. The minimum Gasteiger partial charge on any atom is -0.369 e. The molecule has 0 amide bonds. The molecular formula is C11H15FN4O4S. The second-order valence-electron chi connectivity index (χ2n) is 5.27. The van der Waals surface area contributed by atoms with Crippen LogP contribution < -0.4 is 5.73 Å². The molecule has 1 heterocycles. The van der Waals surface area contributed by atoms with Crippen molar-refractivity contribution in [3.8, 4) is 0 Å². The van der Waals surface area contributed by atoms with Gasteiger partial charge in [-0.05, 0) is 13.0 Å². The summed E-state index contributed by atoms with van der Waals surface area (Å²) in [6.07, 6.45) is 1.82. The maximum atomic E-state index is 14.1. The molecule has 2 atom stereocenters. The van der Waals surface area contributed by atoms with Crippen molar-refractivity contribution in [3.05, 3.63) is 33.8 Å². The maximum Gasteiger partial charge on any atom is 0.247 e. The molecule has 0 bridgehead atoms. The fourth-order valence-electron chi connectivity index (χ4n) is 2.47. The van der Waals surface area contributed by atoms with Gasteiger partial charge in [-0.25, -0.2) is 22.1 Å². The molecule has 0 aromatic rings. The minimum atomic E-state index is -3.73. The second-order valence-corrected chi connectivity index (χ2v) is 7.27. The molecule has 10 heteroatoms. The number of aliphatic imine (C=N–C) groups is 1. The van der Waals surface area contributed by atoms with Crippen LogP contribution in [0.15, 0.2) is 28.7 Å². The summed E-state index contributed by atoms with van der Waals surface area (Å²) in [5, 5.41) is 10.8. The highest BCUT2D eigenvalue weighted by atomic mass is 32.2. The van der Waals surface area contributed by atoms with Crippen molar-refractivity contribution in [2.45, 2.75) is 18.9 Å². The fourth-order valence-corrected chi connectivity index (χ4v) is 3.99. The number of hydrogen-bond acceptors (Lipinski definition) is 6. The quantitative estimate of drug-likeness (QED) is 0.582. The Morgan fingerprint density at radius 1 is 1.57 bits per heavy atom. The molecule has 116 valence electrons. The van der Waals surface area contributed by atoms with E-state index in [2.05, 4.69) is 4.99 Å². The van der Waals surface area contributed by atoms with E-state index in [1.165, 1.54) is 14.0 Å². The number of hydrogen-bond donors (Lipinski definition) is 1. The van der Waals surface area contributed by atoms with Gasteiger partial charge < -0.3 is 5.73 Å². The van der Waals surface area contributed by atoms with Gasteiger partial charge in [0.15, 0.2) is 0 Å². The third-order valence-corrected chi connectivity index (χ3v) is 5.72. The Hall–Kier alpha value is -1.97. The summed E-state index contributed by atoms with van der Waals surface area (Å²) in [6, 6.07) is 0. The summed E-state index contributed by atoms with van der Waals surface area (Å²) in [5.41, 5.74) is 4.01. The molecule has 0 fully saturated rings. The highest BCUT2D eigenvalue weighted by Crippen LogP contribution is 2.40. The van der Waals surface area contributed by atoms with Gasteiger partial charge >= 0.3 is 0 Å². The Kier molecular flexibility index (Phi) is 3.52. The summed E-state index contributed by atoms with van der Waals surface area (Å²) in [7, 11) is -2.48. The Balaban J connectivity index is 2.44. The molecule has 0 spiro atoms. The monoisotopic (exact) mass is 318 g/mol. The third-order valence-electron chi connectivity index (χ3n) is 3.75. The highest BCUT2D eigenvalue weighted by molar-refractivity contribution is 7.89. The Morgan fingerprint density at radius 3 is 2.71 bits per heavy atom. The summed E-state index contributed by atoms with van der Waals surface area (Å²) < 4.78 is 39.0. The zero-order chi connectivity index (χ0) is 16.0. The lowest BCUT2D eigenvalue weighted by Gasteiger charge is -2.39. The van der Waals surface area contributed by atoms with Gasteiger partial charge in [-0.15, -0.1) is 0 Å². The summed E-state index contributed by atoms with van der Waals surface area (Å²) in [4.78, 5) is 14.3. The van der Waals surface area contributed by atoms with E-state index < -0.39 is 38.0 Å². The molecule has 8 nitrogen and oxygen atoms in total. The number of halogens is 1. The number of guanidine groups is 1. The molecule has 1 aliphatic heterocycles. The minimum absolute atomic E-state index is 0.187. The Morgan fingerprint density at radius 2 is 2.19 bits per heavy atom. The normalized spacial score (nSPS) is 32.0. The van der Waals surface area contributed by atoms with Gasteiger partial charge in [0.25, 0.3) is 0 Å². The summed E-state index contributed by atoms with van der Waals surface area (Å²) in [5.74, 6) is -2.40. The average Bonchev–Trinajstić information content (AvgIpc) is 2.35. The van der Waals surface area contributed by atoms with Crippen LogP contribution >= 0.6 is 0 Å². The van der Waals surface area contributed by atoms with E-state index in [0.717, 1.165) is 16.5 Å². The van der Waals surface area contributed by atoms with Crippen LogP contribution in [-0.4, -0.2) is 41.9 Å². The largest absolute Gasteiger partial charge is 0.369 e. The van der Waals surface area contributed by atoms with Crippen molar-refractivity contribution < 1.29 is 17.7 Å². The van der Waals surface area contributed by atoms with Crippen LogP contribution in [0.5, 0.6) is 0 Å². The topological polar surface area (TPSA) is 119 Å². The predicted octanol–water partition coefficient (Wildman–Crippen LogP) is 0.369. The number of nitrogens with zero attached hydrogens (tertiary/aromatic N) is 3. The maximum absolute atomic E-state index is 14.1. The fraction of sp³-hybridized carbons (Fsp3) is 0.545. The summed E-state index contributed by atoms with van der Waals surface area (Å²) >= 11 is 0. The van der Waals surface area contributed by atoms with E-state index in [0.29, 0.717) is 0 Å². The van der Waals surface area contributed by atoms with Crippen LogP contribution in [-0.2, 0) is 10.0 Å². The van der Waals surface area contributed by atoms with Gasteiger partial charge in [-0.1, -0.05) is 0 Å². The lowest BCUT2D eigenvalue weighted by Crippen LogP contribution is -2.54. The van der Waals surface area contributed by atoms with Gasteiger partial charge in [0.1, 0.15) is 5.83 Å². The van der Waals surface area contributed by atoms with Crippen molar-refractivity contribution in [2.75, 3.05) is 12.8 Å². The zero-order valence-electron chi connectivity index (χ0n) is 11.5. The van der Waals surface area contributed by atoms with Crippen LogP contribution in [0.2, 0.25) is 0 Å². The zero-order valence-corrected chi connectivity index (χ0v) is 12.3. The van der Waals surface area contributed by atoms with Crippen LogP contribution in [0.25, 0.3) is 0 Å². The summed E-state index contributed by atoms with van der Waals surface area (Å²) in [6.45, 7) is 1.44. The van der Waals surface area contributed by atoms with Gasteiger partial charge in [0.05, 0.1) is 22.6 Å². The van der Waals surface area contributed by atoms with Crippen LogP contribution in [0.1, 0.15) is 13.3 Å². The van der Waals surface area contributed by atoms with Crippen molar-refractivity contribution in [3.63, 3.8) is 0 Å². The molecule has 0 aromatic carbocycles. The molecule has 2 rings (SSSR count). The first-order valence-electron chi connectivity index (χ1n) is 6.09. The van der Waals surface area contributed by atoms with E-state index in [4.69, 9.17) is 5.73 Å². The molecule has 1 unspecified atom stereocenters. The molecule has 2 aliphatic rings. The van der Waals surface area contributed by atoms with E-state index in [9.17, 15) is 22.9 Å². The first-order valence-corrected chi connectivity index (χ1v) is 7.70. The average molecular weight is 318 g/mol. The van der Waals surface area contributed by atoms with E-state index in [1.807, 2.05) is 0 Å². The highest BCUT2D eigenvalue weighted by Gasteiger charge is 2.48. The number of nitro groups is 1. The van der Waals surface area contributed by atoms with Crippen LogP contribution in [0, 0.1) is 16.0 Å². The number of nitrogens with two attached hydrogens (primary N) is 1. The van der Waals surface area contributed by atoms with Crippen LogP contribution in [0.3, 0.4) is 0 Å². The SMILES string of the molecule is CN1C(N)=N[C@](C)(C2CC([N+](=O)[O-])=CC=C2F)CS1(=O)=O. The lowest BCUT2D eigenvalue weighted by molar-refractivity contribution is -0.429. The first-order chi connectivity index (χ1) is 9.57. The second kappa shape index (κ2) is 4.79. The number of sulfonamides is 1. The molecular weight excluding hydrogens is 303 g/mol. The van der Waals surface area contributed by atoms with Gasteiger partial charge in [0.2, 0.25) is 21.7 Å². The van der Waals surface area contributed by atoms with Crippen molar-refractivity contribution in [1.29, 1.82) is 0 Å². The van der Waals surface area contributed by atoms with E-state index in [1.54, 1.807) is 0 Å². The smallest absolute Gasteiger partial charge is 0.247 e. The molecule has 2 N–H and O–H groups in total. The third kappa shape index (κ3) is 2.62. The Bertz CT molecular complexity index is 684. The number of allylic oxidation sites excluding steroid dienone is 3. The molecule has 0 saturated carbocycles. The van der Waals surface area contributed by atoms with Crippen LogP contribution in [0.4, 0.5) is 4.39 Å². The van der Waals surface area contributed by atoms with Gasteiger partial charge in [-0.3, -0.25) is 10.1 Å². The number of rotatable bonds is 2. The van der Waals surface area contributed by atoms with Gasteiger partial charge in [0, 0.05) is 19.0 Å². The molecule has 21 heavy (non-hydrogen) atoms. The van der Waals surface area contributed by atoms with E-state index in [-0.39, 0.29) is 18.1 Å². The molecule has 1 aliphatic carbocycles. The molecule has 0 radical (unpaired) electrons. The Labute approximate surface area is 121 Å². The standard InChI is InChI=1S/C11H15FN4O4S/c1-11(6-21(19,20)15(2)10(13)14-11)8-5-7(16(17)18)3-4-9(8)12/h3-4,8H,5-6H2,1-2H3,(H2,13,14)/t8?,11-/m0/s1. The molecule has 0 saturated heterocycles. The van der Waals surface area contributed by atoms with Crippen molar-refractivity contribution in [1.82, 2.24) is 4.31 Å². The predicted molar refractivity (Wildman–Crippen MR) is 74.0 cm³/mol. The molecule has 0 aromatic heterocycles. The first kappa shape index (κ1) is 15.4.